The Hall–Kier alpha value is -1.81. The Labute approximate surface area is 110 Å². The molecule has 0 fully saturated rings. The molecule has 0 bridgehead atoms. The van der Waals surface area contributed by atoms with Gasteiger partial charge in [0.05, 0.1) is 12.3 Å². The van der Waals surface area contributed by atoms with E-state index in [1.54, 1.807) is 0 Å². The number of halogens is 1. The Balaban J connectivity index is 2.09. The molecule has 0 radical (unpaired) electrons. The molecular weight excluding hydrogens is 250 g/mol. The lowest BCUT2D eigenvalue weighted by Crippen LogP contribution is -2.08. The van der Waals surface area contributed by atoms with Crippen molar-refractivity contribution < 1.29 is 4.74 Å². The molecule has 0 atom stereocenters. The Kier molecular flexibility index (Phi) is 2.80. The minimum absolute atomic E-state index is 0.302. The van der Waals surface area contributed by atoms with Crippen LogP contribution in [0.25, 0.3) is 11.3 Å². The SMILES string of the molecule is Nc1ncnc(-c2ccc3c(c2)CCCO3)c1Cl. The molecule has 0 unspecified atom stereocenters. The van der Waals surface area contributed by atoms with Crippen molar-refractivity contribution in [3.63, 3.8) is 0 Å². The number of benzene rings is 1. The van der Waals surface area contributed by atoms with Gasteiger partial charge in [-0.3, -0.25) is 0 Å². The third-order valence-corrected chi connectivity index (χ3v) is 3.37. The number of aryl methyl sites for hydroxylation is 1. The summed E-state index contributed by atoms with van der Waals surface area (Å²) in [4.78, 5) is 8.06. The summed E-state index contributed by atoms with van der Waals surface area (Å²) in [5, 5.41) is 0.397. The fourth-order valence-corrected chi connectivity index (χ4v) is 2.30. The molecule has 1 aliphatic rings. The lowest BCUT2D eigenvalue weighted by molar-refractivity contribution is 0.288. The van der Waals surface area contributed by atoms with Gasteiger partial charge in [0, 0.05) is 5.56 Å². The normalized spacial score (nSPS) is 13.8. The lowest BCUT2D eigenvalue weighted by atomic mass is 10.0. The van der Waals surface area contributed by atoms with Crippen LogP contribution < -0.4 is 10.5 Å². The van der Waals surface area contributed by atoms with E-state index in [4.69, 9.17) is 22.1 Å². The van der Waals surface area contributed by atoms with Crippen molar-refractivity contribution in [1.29, 1.82) is 0 Å². The molecule has 0 saturated heterocycles. The van der Waals surface area contributed by atoms with E-state index < -0.39 is 0 Å². The van der Waals surface area contributed by atoms with E-state index in [9.17, 15) is 0 Å². The van der Waals surface area contributed by atoms with Crippen molar-refractivity contribution in [3.05, 3.63) is 35.1 Å². The van der Waals surface area contributed by atoms with Crippen LogP contribution >= 0.6 is 11.6 Å². The summed E-state index contributed by atoms with van der Waals surface area (Å²) in [6.07, 6.45) is 3.48. The van der Waals surface area contributed by atoms with Crippen LogP contribution in [0.5, 0.6) is 5.75 Å². The number of fused-ring (bicyclic) bond motifs is 1. The minimum Gasteiger partial charge on any atom is -0.493 e. The van der Waals surface area contributed by atoms with E-state index in [0.717, 1.165) is 30.8 Å². The Morgan fingerprint density at radius 2 is 2.17 bits per heavy atom. The van der Waals surface area contributed by atoms with Gasteiger partial charge < -0.3 is 10.5 Å². The lowest BCUT2D eigenvalue weighted by Gasteiger charge is -2.18. The molecule has 1 aromatic heterocycles. The number of ether oxygens (including phenoxy) is 1. The molecule has 92 valence electrons. The second-order valence-electron chi connectivity index (χ2n) is 4.20. The van der Waals surface area contributed by atoms with E-state index in [1.165, 1.54) is 11.9 Å². The Bertz CT molecular complexity index is 601. The van der Waals surface area contributed by atoms with Crippen molar-refractivity contribution in [2.45, 2.75) is 12.8 Å². The van der Waals surface area contributed by atoms with Gasteiger partial charge in [0.1, 0.15) is 22.9 Å². The maximum Gasteiger partial charge on any atom is 0.146 e. The number of nitrogen functional groups attached to an aromatic ring is 1. The first kappa shape index (κ1) is 11.3. The van der Waals surface area contributed by atoms with Gasteiger partial charge in [0.2, 0.25) is 0 Å². The monoisotopic (exact) mass is 261 g/mol. The number of anilines is 1. The highest BCUT2D eigenvalue weighted by molar-refractivity contribution is 6.35. The number of rotatable bonds is 1. The van der Waals surface area contributed by atoms with Crippen molar-refractivity contribution in [2.24, 2.45) is 0 Å². The van der Waals surface area contributed by atoms with Crippen LogP contribution in [0, 0.1) is 0 Å². The van der Waals surface area contributed by atoms with E-state index in [2.05, 4.69) is 16.0 Å². The van der Waals surface area contributed by atoms with Gasteiger partial charge in [-0.05, 0) is 36.6 Å². The van der Waals surface area contributed by atoms with E-state index in [-0.39, 0.29) is 0 Å². The van der Waals surface area contributed by atoms with Crippen LogP contribution in [0.15, 0.2) is 24.5 Å². The minimum atomic E-state index is 0.302. The van der Waals surface area contributed by atoms with Gasteiger partial charge >= 0.3 is 0 Å². The Morgan fingerprint density at radius 3 is 3.06 bits per heavy atom. The summed E-state index contributed by atoms with van der Waals surface area (Å²) < 4.78 is 5.58. The first-order valence-corrected chi connectivity index (χ1v) is 6.15. The zero-order valence-electron chi connectivity index (χ0n) is 9.69. The molecule has 2 heterocycles. The quantitative estimate of drug-likeness (QED) is 0.857. The average Bonchev–Trinajstić information content (AvgIpc) is 2.41. The third kappa shape index (κ3) is 1.88. The molecule has 5 heteroatoms. The van der Waals surface area contributed by atoms with Crippen molar-refractivity contribution in [2.75, 3.05) is 12.3 Å². The number of nitrogens with zero attached hydrogens (tertiary/aromatic N) is 2. The number of hydrogen-bond donors (Lipinski definition) is 1. The van der Waals surface area contributed by atoms with E-state index in [1.807, 2.05) is 12.1 Å². The first-order valence-electron chi connectivity index (χ1n) is 5.78. The third-order valence-electron chi connectivity index (χ3n) is 3.00. The molecule has 0 spiro atoms. The maximum atomic E-state index is 6.13. The topological polar surface area (TPSA) is 61.0 Å². The summed E-state index contributed by atoms with van der Waals surface area (Å²) in [6, 6.07) is 5.96. The summed E-state index contributed by atoms with van der Waals surface area (Å²) >= 11 is 6.13. The highest BCUT2D eigenvalue weighted by Gasteiger charge is 2.14. The Morgan fingerprint density at radius 1 is 1.28 bits per heavy atom. The van der Waals surface area contributed by atoms with Crippen LogP contribution in [0.3, 0.4) is 0 Å². The number of hydrogen-bond acceptors (Lipinski definition) is 4. The maximum absolute atomic E-state index is 6.13. The molecule has 0 aliphatic carbocycles. The van der Waals surface area contributed by atoms with Crippen LogP contribution in [-0.4, -0.2) is 16.6 Å². The summed E-state index contributed by atoms with van der Waals surface area (Å²) in [7, 11) is 0. The molecular formula is C13H12ClN3O. The van der Waals surface area contributed by atoms with Gasteiger partial charge in [-0.25, -0.2) is 9.97 Å². The summed E-state index contributed by atoms with van der Waals surface area (Å²) in [5.41, 5.74) is 8.48. The number of nitrogens with two attached hydrogens (primary N) is 1. The average molecular weight is 262 g/mol. The number of aromatic nitrogens is 2. The van der Waals surface area contributed by atoms with Crippen molar-refractivity contribution >= 4 is 17.4 Å². The smallest absolute Gasteiger partial charge is 0.146 e. The predicted octanol–water partition coefficient (Wildman–Crippen LogP) is 2.70. The van der Waals surface area contributed by atoms with Crippen LogP contribution in [0.4, 0.5) is 5.82 Å². The van der Waals surface area contributed by atoms with Gasteiger partial charge in [-0.15, -0.1) is 0 Å². The van der Waals surface area contributed by atoms with Crippen molar-refractivity contribution in [1.82, 2.24) is 9.97 Å². The highest BCUT2D eigenvalue weighted by atomic mass is 35.5. The molecule has 1 aromatic carbocycles. The molecule has 3 rings (SSSR count). The van der Waals surface area contributed by atoms with Crippen LogP contribution in [0.2, 0.25) is 5.02 Å². The van der Waals surface area contributed by atoms with Gasteiger partial charge in [-0.1, -0.05) is 11.6 Å². The zero-order valence-corrected chi connectivity index (χ0v) is 10.4. The second kappa shape index (κ2) is 4.46. The molecule has 0 amide bonds. The molecule has 2 aromatic rings. The summed E-state index contributed by atoms with van der Waals surface area (Å²) in [6.45, 7) is 0.785. The predicted molar refractivity (Wildman–Crippen MR) is 70.7 cm³/mol. The summed E-state index contributed by atoms with van der Waals surface area (Å²) in [5.74, 6) is 1.25. The van der Waals surface area contributed by atoms with Crippen LogP contribution in [-0.2, 0) is 6.42 Å². The van der Waals surface area contributed by atoms with E-state index in [0.29, 0.717) is 16.5 Å². The molecule has 1 aliphatic heterocycles. The van der Waals surface area contributed by atoms with Gasteiger partial charge in [0.25, 0.3) is 0 Å². The van der Waals surface area contributed by atoms with E-state index >= 15 is 0 Å². The van der Waals surface area contributed by atoms with Gasteiger partial charge in [0.15, 0.2) is 0 Å². The molecule has 18 heavy (non-hydrogen) atoms. The zero-order chi connectivity index (χ0) is 12.5. The fraction of sp³-hybridized carbons (Fsp3) is 0.231. The fourth-order valence-electron chi connectivity index (χ4n) is 2.09. The first-order chi connectivity index (χ1) is 8.75. The largest absolute Gasteiger partial charge is 0.493 e. The second-order valence-corrected chi connectivity index (χ2v) is 4.57. The molecule has 4 nitrogen and oxygen atoms in total. The molecule has 0 saturated carbocycles. The van der Waals surface area contributed by atoms with Gasteiger partial charge in [-0.2, -0.15) is 0 Å². The standard InChI is InChI=1S/C13H12ClN3O/c14-11-12(16-7-17-13(11)15)9-3-4-10-8(6-9)2-1-5-18-10/h3-4,6-7H,1-2,5H2,(H2,15,16,17). The molecule has 2 N–H and O–H groups in total. The highest BCUT2D eigenvalue weighted by Crippen LogP contribution is 2.33. The van der Waals surface area contributed by atoms with Crippen molar-refractivity contribution in [3.8, 4) is 17.0 Å². The van der Waals surface area contributed by atoms with Crippen LogP contribution in [0.1, 0.15) is 12.0 Å².